The Morgan fingerprint density at radius 3 is 2.32 bits per heavy atom. The smallest absolute Gasteiger partial charge is 0.230 e. The Kier molecular flexibility index (Phi) is 12.0. The Bertz CT molecular complexity index is 719. The monoisotopic (exact) mass is 546 g/mol. The molecule has 176 valence electrons. The van der Waals surface area contributed by atoms with Gasteiger partial charge in [0.25, 0.3) is 0 Å². The highest BCUT2D eigenvalue weighted by atomic mass is 127. The van der Waals surface area contributed by atoms with E-state index in [1.54, 1.807) is 11.9 Å². The van der Waals surface area contributed by atoms with E-state index in [0.717, 1.165) is 56.1 Å². The van der Waals surface area contributed by atoms with Gasteiger partial charge < -0.3 is 25.0 Å². The maximum atomic E-state index is 12.7. The van der Waals surface area contributed by atoms with Crippen LogP contribution in [0.25, 0.3) is 0 Å². The van der Waals surface area contributed by atoms with Crippen molar-refractivity contribution in [3.63, 3.8) is 0 Å². The standard InChI is InChI=1S/C23H38N4O3.HI/c1-6-29-19-11-10-18(16-20(19)30-7-2)12-15-25-22(24-3)26-17-23(13-8-9-14-23)21(28)27(4)5;/h10-11,16H,6-9,12-15,17H2,1-5H3,(H2,24,25,26);1H. The highest BCUT2D eigenvalue weighted by molar-refractivity contribution is 14.0. The van der Waals surface area contributed by atoms with Gasteiger partial charge in [-0.15, -0.1) is 24.0 Å². The largest absolute Gasteiger partial charge is 0.490 e. The fourth-order valence-corrected chi connectivity index (χ4v) is 4.04. The first-order chi connectivity index (χ1) is 14.5. The lowest BCUT2D eigenvalue weighted by atomic mass is 9.84. The maximum absolute atomic E-state index is 12.7. The normalized spacial score (nSPS) is 15.1. The van der Waals surface area contributed by atoms with E-state index in [9.17, 15) is 4.79 Å². The number of hydrogen-bond donors (Lipinski definition) is 2. The summed E-state index contributed by atoms with van der Waals surface area (Å²) in [6.07, 6.45) is 4.90. The topological polar surface area (TPSA) is 75.2 Å². The minimum Gasteiger partial charge on any atom is -0.490 e. The van der Waals surface area contributed by atoms with Gasteiger partial charge >= 0.3 is 0 Å². The third kappa shape index (κ3) is 7.73. The molecular formula is C23H39IN4O3. The summed E-state index contributed by atoms with van der Waals surface area (Å²) in [6.45, 7) is 6.49. The van der Waals surface area contributed by atoms with Crippen molar-refractivity contribution in [2.45, 2.75) is 46.0 Å². The molecule has 1 aliphatic carbocycles. The average Bonchev–Trinajstić information content (AvgIpc) is 3.22. The number of carbonyl (C=O) groups is 1. The summed E-state index contributed by atoms with van der Waals surface area (Å²) >= 11 is 0. The molecule has 1 aromatic carbocycles. The van der Waals surface area contributed by atoms with Crippen LogP contribution in [0.1, 0.15) is 45.1 Å². The molecule has 31 heavy (non-hydrogen) atoms. The summed E-state index contributed by atoms with van der Waals surface area (Å²) in [5.74, 6) is 2.50. The number of halogens is 1. The summed E-state index contributed by atoms with van der Waals surface area (Å²) in [5, 5.41) is 6.74. The number of ether oxygens (including phenoxy) is 2. The zero-order chi connectivity index (χ0) is 22.0. The van der Waals surface area contributed by atoms with Crippen molar-refractivity contribution in [3.8, 4) is 11.5 Å². The molecule has 1 aromatic rings. The molecule has 0 bridgehead atoms. The minimum absolute atomic E-state index is 0. The molecule has 0 heterocycles. The van der Waals surface area contributed by atoms with Crippen LogP contribution in [0.4, 0.5) is 0 Å². The lowest BCUT2D eigenvalue weighted by molar-refractivity contribution is -0.138. The first-order valence-electron chi connectivity index (χ1n) is 11.0. The molecular weight excluding hydrogens is 507 g/mol. The number of benzene rings is 1. The van der Waals surface area contributed by atoms with Gasteiger partial charge in [0.1, 0.15) is 0 Å². The fourth-order valence-electron chi connectivity index (χ4n) is 4.04. The van der Waals surface area contributed by atoms with E-state index in [0.29, 0.717) is 19.8 Å². The molecule has 0 spiro atoms. The molecule has 0 aromatic heterocycles. The van der Waals surface area contributed by atoms with Gasteiger partial charge in [-0.05, 0) is 50.8 Å². The third-order valence-electron chi connectivity index (χ3n) is 5.55. The maximum Gasteiger partial charge on any atom is 0.230 e. The number of hydrogen-bond acceptors (Lipinski definition) is 4. The van der Waals surface area contributed by atoms with E-state index in [1.165, 1.54) is 5.56 Å². The third-order valence-corrected chi connectivity index (χ3v) is 5.55. The molecule has 0 saturated heterocycles. The van der Waals surface area contributed by atoms with Gasteiger partial charge in [-0.1, -0.05) is 18.9 Å². The summed E-state index contributed by atoms with van der Waals surface area (Å²) in [6, 6.07) is 6.07. The van der Waals surface area contributed by atoms with Crippen LogP contribution < -0.4 is 20.1 Å². The second kappa shape index (κ2) is 13.6. The van der Waals surface area contributed by atoms with E-state index in [2.05, 4.69) is 21.7 Å². The molecule has 2 rings (SSSR count). The second-order valence-corrected chi connectivity index (χ2v) is 7.94. The predicted molar refractivity (Wildman–Crippen MR) is 137 cm³/mol. The van der Waals surface area contributed by atoms with Gasteiger partial charge in [0.15, 0.2) is 17.5 Å². The molecule has 0 aliphatic heterocycles. The molecule has 1 saturated carbocycles. The molecule has 0 unspecified atom stereocenters. The van der Waals surface area contributed by atoms with Crippen molar-refractivity contribution >= 4 is 35.8 Å². The van der Waals surface area contributed by atoms with E-state index < -0.39 is 0 Å². The van der Waals surface area contributed by atoms with Crippen molar-refractivity contribution < 1.29 is 14.3 Å². The number of rotatable bonds is 10. The molecule has 2 N–H and O–H groups in total. The quantitative estimate of drug-likeness (QED) is 0.267. The summed E-state index contributed by atoms with van der Waals surface area (Å²) in [7, 11) is 5.43. The minimum atomic E-state index is -0.317. The van der Waals surface area contributed by atoms with Crippen LogP contribution >= 0.6 is 24.0 Å². The van der Waals surface area contributed by atoms with Crippen LogP contribution in [0, 0.1) is 5.41 Å². The van der Waals surface area contributed by atoms with Crippen molar-refractivity contribution in [1.82, 2.24) is 15.5 Å². The highest BCUT2D eigenvalue weighted by Crippen LogP contribution is 2.38. The summed E-state index contributed by atoms with van der Waals surface area (Å²) < 4.78 is 11.3. The molecule has 0 radical (unpaired) electrons. The number of nitrogens with one attached hydrogen (secondary N) is 2. The molecule has 7 nitrogen and oxygen atoms in total. The number of guanidine groups is 1. The molecule has 1 fully saturated rings. The molecule has 8 heteroatoms. The summed E-state index contributed by atoms with van der Waals surface area (Å²) in [5.41, 5.74) is 0.850. The number of carbonyl (C=O) groups excluding carboxylic acids is 1. The van der Waals surface area contributed by atoms with Gasteiger partial charge in [0.05, 0.1) is 18.6 Å². The first kappa shape index (κ1) is 27.3. The Morgan fingerprint density at radius 1 is 1.10 bits per heavy atom. The van der Waals surface area contributed by atoms with Crippen molar-refractivity contribution in [2.24, 2.45) is 10.4 Å². The van der Waals surface area contributed by atoms with Crippen molar-refractivity contribution in [3.05, 3.63) is 23.8 Å². The predicted octanol–water partition coefficient (Wildman–Crippen LogP) is 3.46. The number of nitrogens with zero attached hydrogens (tertiary/aromatic N) is 2. The highest BCUT2D eigenvalue weighted by Gasteiger charge is 2.42. The SMILES string of the molecule is CCOc1ccc(CCNC(=NC)NCC2(C(=O)N(C)C)CCCC2)cc1OCC.I. The first-order valence-corrected chi connectivity index (χ1v) is 11.0. The fraction of sp³-hybridized carbons (Fsp3) is 0.652. The average molecular weight is 546 g/mol. The van der Waals surface area contributed by atoms with E-state index in [4.69, 9.17) is 9.47 Å². The Balaban J connectivity index is 0.00000480. The van der Waals surface area contributed by atoms with Gasteiger partial charge in [-0.25, -0.2) is 0 Å². The van der Waals surface area contributed by atoms with Gasteiger partial charge in [-0.3, -0.25) is 9.79 Å². The lowest BCUT2D eigenvalue weighted by Gasteiger charge is -2.31. The van der Waals surface area contributed by atoms with Crippen LogP contribution in [0.5, 0.6) is 11.5 Å². The number of aliphatic imine (C=N–C) groups is 1. The second-order valence-electron chi connectivity index (χ2n) is 7.94. The Labute approximate surface area is 204 Å². The van der Waals surface area contributed by atoms with Crippen LogP contribution in [-0.2, 0) is 11.2 Å². The Hall–Kier alpha value is -1.71. The van der Waals surface area contributed by atoms with E-state index in [1.807, 2.05) is 40.1 Å². The Morgan fingerprint density at radius 2 is 1.74 bits per heavy atom. The number of amides is 1. The zero-order valence-corrected chi connectivity index (χ0v) is 22.0. The van der Waals surface area contributed by atoms with Crippen LogP contribution in [-0.4, -0.2) is 64.2 Å². The van der Waals surface area contributed by atoms with Crippen LogP contribution in [0.2, 0.25) is 0 Å². The van der Waals surface area contributed by atoms with Gasteiger partial charge in [-0.2, -0.15) is 0 Å². The van der Waals surface area contributed by atoms with Crippen molar-refractivity contribution in [1.29, 1.82) is 0 Å². The van der Waals surface area contributed by atoms with Crippen molar-refractivity contribution in [2.75, 3.05) is 47.4 Å². The van der Waals surface area contributed by atoms with Crippen LogP contribution in [0.15, 0.2) is 23.2 Å². The molecule has 1 amide bonds. The zero-order valence-electron chi connectivity index (χ0n) is 19.6. The molecule has 1 aliphatic rings. The molecule has 0 atom stereocenters. The summed E-state index contributed by atoms with van der Waals surface area (Å²) in [4.78, 5) is 18.8. The van der Waals surface area contributed by atoms with E-state index in [-0.39, 0.29) is 35.3 Å². The van der Waals surface area contributed by atoms with E-state index >= 15 is 0 Å². The van der Waals surface area contributed by atoms with Crippen LogP contribution in [0.3, 0.4) is 0 Å². The lowest BCUT2D eigenvalue weighted by Crippen LogP contribution is -2.49. The van der Waals surface area contributed by atoms with Gasteiger partial charge in [0.2, 0.25) is 5.91 Å². The van der Waals surface area contributed by atoms with Gasteiger partial charge in [0, 0.05) is 34.2 Å².